The molecule has 6 heavy (non-hydrogen) atoms. The van der Waals surface area contributed by atoms with Crippen LogP contribution in [0.4, 0.5) is 0 Å². The average Bonchev–Trinajstić information content (AvgIpc) is 1.38. The third-order valence-corrected chi connectivity index (χ3v) is 0.151. The zero-order chi connectivity index (χ0) is 4.28. The van der Waals surface area contributed by atoms with Crippen LogP contribution in [0.5, 0.6) is 0 Å². The summed E-state index contributed by atoms with van der Waals surface area (Å²) in [7, 11) is 0. The summed E-state index contributed by atoms with van der Waals surface area (Å²) in [6.45, 7) is -0.528. The Morgan fingerprint density at radius 2 is 2.00 bits per heavy atom. The number of carboxylic acid groups (broad SMARTS) is 1. The molecule has 0 aliphatic carbocycles. The summed E-state index contributed by atoms with van der Waals surface area (Å²) in [5.41, 5.74) is 6.06. The van der Waals surface area contributed by atoms with Crippen LogP contribution in [0.3, 0.4) is 0 Å². The Hall–Kier alpha value is 0.0534. The number of hydrogen-bond donors (Lipinski definition) is 1. The summed E-state index contributed by atoms with van der Waals surface area (Å²) in [4.78, 5) is 9.18. The number of aliphatic carboxylic acids is 1. The van der Waals surface area contributed by atoms with E-state index in [1.807, 2.05) is 0 Å². The van der Waals surface area contributed by atoms with Gasteiger partial charge in [-0.05, 0) is 0 Å². The minimum absolute atomic E-state index is 0. The van der Waals surface area contributed by atoms with Crippen molar-refractivity contribution in [1.29, 1.82) is 0 Å². The normalized spacial score (nSPS) is 6.17. The maximum Gasteiger partial charge on any atom is 0.282 e. The molecule has 0 aromatic carbocycles. The predicted molar refractivity (Wildman–Crippen MR) is 16.8 cm³/mol. The van der Waals surface area contributed by atoms with Crippen molar-refractivity contribution in [3.05, 3.63) is 5.73 Å². The molecular weight excluding hydrogens is 135 g/mol. The van der Waals surface area contributed by atoms with E-state index >= 15 is 0 Å². The van der Waals surface area contributed by atoms with Crippen molar-refractivity contribution < 1.29 is 29.4 Å². The van der Waals surface area contributed by atoms with Gasteiger partial charge in [0.25, 0.3) is 5.97 Å². The van der Waals surface area contributed by atoms with Gasteiger partial charge in [0, 0.05) is 19.5 Å². The second kappa shape index (κ2) is 5.05. The van der Waals surface area contributed by atoms with Crippen LogP contribution in [0.15, 0.2) is 0 Å². The Morgan fingerprint density at radius 3 is 2.00 bits per heavy atom. The largest absolute Gasteiger partial charge is 0.668 e. The van der Waals surface area contributed by atoms with Crippen molar-refractivity contribution in [3.63, 3.8) is 0 Å². The van der Waals surface area contributed by atoms with Crippen molar-refractivity contribution in [2.45, 2.75) is 0 Å². The second-order valence-corrected chi connectivity index (χ2v) is 0.571. The molecule has 4 heteroatoms. The van der Waals surface area contributed by atoms with Gasteiger partial charge >= 0.3 is 0 Å². The topological polar surface area (TPSA) is 61.1 Å². The first-order chi connectivity index (χ1) is 2.27. The minimum atomic E-state index is -1.08. The van der Waals surface area contributed by atoms with E-state index in [2.05, 4.69) is 0 Å². The van der Waals surface area contributed by atoms with Crippen molar-refractivity contribution in [3.8, 4) is 0 Å². The van der Waals surface area contributed by atoms with Crippen LogP contribution in [-0.4, -0.2) is 17.6 Å². The number of rotatable bonds is 1. The van der Waals surface area contributed by atoms with Crippen molar-refractivity contribution in [2.75, 3.05) is 6.54 Å². The van der Waals surface area contributed by atoms with Crippen molar-refractivity contribution >= 4 is 5.97 Å². The van der Waals surface area contributed by atoms with Crippen LogP contribution < -0.4 is 0 Å². The fraction of sp³-hybridized carbons (Fsp3) is 0.500. The summed E-state index contributed by atoms with van der Waals surface area (Å²) >= 11 is 0. The molecular formula is C2H4NO2Zn-. The molecule has 0 atom stereocenters. The van der Waals surface area contributed by atoms with Crippen LogP contribution in [0.25, 0.3) is 5.73 Å². The van der Waals surface area contributed by atoms with E-state index in [9.17, 15) is 4.79 Å². The second-order valence-electron chi connectivity index (χ2n) is 0.571. The van der Waals surface area contributed by atoms with Gasteiger partial charge in [-0.15, -0.1) is 0 Å². The van der Waals surface area contributed by atoms with Crippen molar-refractivity contribution in [2.24, 2.45) is 0 Å². The quantitative estimate of drug-likeness (QED) is 0.525. The first-order valence-corrected chi connectivity index (χ1v) is 1.13. The van der Waals surface area contributed by atoms with Gasteiger partial charge in [-0.2, -0.15) is 0 Å². The molecule has 0 saturated heterocycles. The monoisotopic (exact) mass is 138 g/mol. The Kier molecular flexibility index (Phi) is 7.92. The molecule has 0 aliphatic heterocycles. The van der Waals surface area contributed by atoms with E-state index in [1.54, 1.807) is 0 Å². The Bertz CT molecular complexity index is 46.8. The summed E-state index contributed by atoms with van der Waals surface area (Å²) in [6.07, 6.45) is 0. The number of carbonyl (C=O) groups is 1. The molecule has 0 radical (unpaired) electrons. The average molecular weight is 139 g/mol. The SMILES string of the molecule is [NH-]CC(=O)O.[Zn]. The first-order valence-electron chi connectivity index (χ1n) is 1.13. The molecule has 0 aliphatic rings. The van der Waals surface area contributed by atoms with Gasteiger partial charge in [0.1, 0.15) is 0 Å². The maximum atomic E-state index is 9.18. The van der Waals surface area contributed by atoms with Gasteiger partial charge in [-0.3, -0.25) is 4.79 Å². The molecule has 0 spiro atoms. The molecule has 0 aromatic heterocycles. The van der Waals surface area contributed by atoms with Gasteiger partial charge in [-0.25, -0.2) is 0 Å². The van der Waals surface area contributed by atoms with Gasteiger partial charge in [-0.1, -0.05) is 6.54 Å². The molecule has 2 N–H and O–H groups in total. The fourth-order valence-electron chi connectivity index (χ4n) is 0. The number of hydrogen-bond acceptors (Lipinski definition) is 1. The van der Waals surface area contributed by atoms with Crippen LogP contribution >= 0.6 is 0 Å². The molecule has 0 amide bonds. The molecule has 0 aromatic rings. The summed E-state index contributed by atoms with van der Waals surface area (Å²) < 4.78 is 0. The molecule has 32 valence electrons. The Labute approximate surface area is 48.3 Å². The molecule has 0 fully saturated rings. The fourth-order valence-corrected chi connectivity index (χ4v) is 0. The van der Waals surface area contributed by atoms with E-state index in [0.717, 1.165) is 0 Å². The zero-order valence-corrected chi connectivity index (χ0v) is 6.24. The third kappa shape index (κ3) is 8.96. The van der Waals surface area contributed by atoms with Crippen LogP contribution in [0.1, 0.15) is 0 Å². The van der Waals surface area contributed by atoms with Crippen molar-refractivity contribution in [1.82, 2.24) is 0 Å². The molecule has 3 nitrogen and oxygen atoms in total. The van der Waals surface area contributed by atoms with Gasteiger partial charge in [0.15, 0.2) is 0 Å². The van der Waals surface area contributed by atoms with Gasteiger partial charge < -0.3 is 10.8 Å². The number of carboxylic acids is 1. The summed E-state index contributed by atoms with van der Waals surface area (Å²) in [5, 5.41) is 7.53. The van der Waals surface area contributed by atoms with Crippen LogP contribution in [-0.2, 0) is 24.3 Å². The Balaban J connectivity index is 0. The summed E-state index contributed by atoms with van der Waals surface area (Å²) in [6, 6.07) is 0. The standard InChI is InChI=1S/C2H4NO2.Zn/c3-1-2(4)5;/h3H,1H2,(H,4,5);/q-1;. The van der Waals surface area contributed by atoms with Gasteiger partial charge in [0.05, 0.1) is 0 Å². The summed E-state index contributed by atoms with van der Waals surface area (Å²) in [5.74, 6) is -1.08. The van der Waals surface area contributed by atoms with Gasteiger partial charge in [0.2, 0.25) is 0 Å². The smallest absolute Gasteiger partial charge is 0.282 e. The van der Waals surface area contributed by atoms with Crippen LogP contribution in [0.2, 0.25) is 0 Å². The van der Waals surface area contributed by atoms with E-state index in [-0.39, 0.29) is 19.5 Å². The first kappa shape index (κ1) is 9.41. The number of nitrogens with one attached hydrogen (secondary N) is 1. The molecule has 0 heterocycles. The third-order valence-electron chi connectivity index (χ3n) is 0.151. The van der Waals surface area contributed by atoms with Crippen LogP contribution in [0, 0.1) is 0 Å². The maximum absolute atomic E-state index is 9.18. The predicted octanol–water partition coefficient (Wildman–Crippen LogP) is 0.121. The van der Waals surface area contributed by atoms with E-state index in [4.69, 9.17) is 10.8 Å². The Morgan fingerprint density at radius 1 is 1.83 bits per heavy atom. The molecule has 0 unspecified atom stereocenters. The van der Waals surface area contributed by atoms with E-state index in [0.29, 0.717) is 0 Å². The molecule has 0 saturated carbocycles. The zero-order valence-electron chi connectivity index (χ0n) is 3.27. The molecule has 0 bridgehead atoms. The van der Waals surface area contributed by atoms with E-state index in [1.165, 1.54) is 0 Å². The molecule has 0 rings (SSSR count). The van der Waals surface area contributed by atoms with E-state index < -0.39 is 12.5 Å². The minimum Gasteiger partial charge on any atom is -0.668 e.